The smallest absolute Gasteiger partial charge is 0.270 e. The average Bonchev–Trinajstić information content (AvgIpc) is 2.67. The maximum Gasteiger partial charge on any atom is 0.270 e. The van der Waals surface area contributed by atoms with Gasteiger partial charge in [0, 0.05) is 18.2 Å². The van der Waals surface area contributed by atoms with Crippen LogP contribution in [-0.2, 0) is 13.5 Å². The van der Waals surface area contributed by atoms with Gasteiger partial charge in [0.2, 0.25) is 0 Å². The van der Waals surface area contributed by atoms with Gasteiger partial charge in [-0.3, -0.25) is 14.6 Å². The molecule has 0 atom stereocenters. The molecule has 0 amide bonds. The van der Waals surface area contributed by atoms with Crippen LogP contribution in [0.1, 0.15) is 11.1 Å². The van der Waals surface area contributed by atoms with Gasteiger partial charge in [-0.1, -0.05) is 11.6 Å². The summed E-state index contributed by atoms with van der Waals surface area (Å²) in [6.45, 7) is 2.45. The van der Waals surface area contributed by atoms with Crippen LogP contribution in [0.5, 0.6) is 5.75 Å². The fourth-order valence-electron chi connectivity index (χ4n) is 2.21. The van der Waals surface area contributed by atoms with E-state index in [4.69, 9.17) is 10.5 Å². The molecule has 0 bridgehead atoms. The van der Waals surface area contributed by atoms with Crippen molar-refractivity contribution in [2.75, 3.05) is 13.7 Å². The van der Waals surface area contributed by atoms with Crippen LogP contribution in [-0.4, -0.2) is 23.4 Å². The first-order valence-corrected chi connectivity index (χ1v) is 6.21. The third-order valence-electron chi connectivity index (χ3n) is 3.16. The van der Waals surface area contributed by atoms with E-state index >= 15 is 0 Å². The van der Waals surface area contributed by atoms with E-state index in [0.717, 1.165) is 22.6 Å². The standard InChI is InChI=1S/C14H19N3O2/c1-9-4-5-12(19-3)11(8-9)13-10(6-7-15)14(18)17(2)16-13/h4-5,8,16H,6-7,15H2,1-3H3. The second kappa shape index (κ2) is 5.32. The molecule has 0 spiro atoms. The summed E-state index contributed by atoms with van der Waals surface area (Å²) in [5.74, 6) is 0.741. The molecule has 0 aliphatic rings. The van der Waals surface area contributed by atoms with Crippen LogP contribution >= 0.6 is 0 Å². The zero-order valence-corrected chi connectivity index (χ0v) is 11.5. The van der Waals surface area contributed by atoms with E-state index in [1.54, 1.807) is 14.2 Å². The Balaban J connectivity index is 2.67. The molecule has 102 valence electrons. The Kier molecular flexibility index (Phi) is 3.76. The topological polar surface area (TPSA) is 73.0 Å². The van der Waals surface area contributed by atoms with Crippen molar-refractivity contribution in [2.24, 2.45) is 12.8 Å². The summed E-state index contributed by atoms with van der Waals surface area (Å²) in [6, 6.07) is 5.89. The van der Waals surface area contributed by atoms with Gasteiger partial charge in [0.25, 0.3) is 5.56 Å². The number of nitrogens with zero attached hydrogens (tertiary/aromatic N) is 1. The van der Waals surface area contributed by atoms with Crippen LogP contribution in [0.2, 0.25) is 0 Å². The number of aryl methyl sites for hydroxylation is 2. The first-order valence-electron chi connectivity index (χ1n) is 6.21. The number of hydrogen-bond donors (Lipinski definition) is 2. The first kappa shape index (κ1) is 13.4. The van der Waals surface area contributed by atoms with Crippen molar-refractivity contribution in [3.8, 4) is 17.0 Å². The average molecular weight is 261 g/mol. The highest BCUT2D eigenvalue weighted by Gasteiger charge is 2.16. The van der Waals surface area contributed by atoms with Gasteiger partial charge in [-0.15, -0.1) is 0 Å². The maximum absolute atomic E-state index is 12.1. The summed E-state index contributed by atoms with van der Waals surface area (Å²) in [5, 5.41) is 3.08. The third-order valence-corrected chi connectivity index (χ3v) is 3.16. The van der Waals surface area contributed by atoms with Crippen molar-refractivity contribution in [1.82, 2.24) is 9.78 Å². The van der Waals surface area contributed by atoms with Crippen LogP contribution in [0.25, 0.3) is 11.3 Å². The van der Waals surface area contributed by atoms with Gasteiger partial charge in [0.15, 0.2) is 0 Å². The van der Waals surface area contributed by atoms with E-state index in [1.807, 2.05) is 25.1 Å². The number of H-pyrrole nitrogens is 1. The van der Waals surface area contributed by atoms with Crippen molar-refractivity contribution in [3.05, 3.63) is 39.7 Å². The quantitative estimate of drug-likeness (QED) is 0.868. The number of rotatable bonds is 4. The minimum atomic E-state index is -0.0380. The summed E-state index contributed by atoms with van der Waals surface area (Å²) < 4.78 is 6.85. The molecule has 0 radical (unpaired) electrons. The molecule has 1 aromatic heterocycles. The van der Waals surface area contributed by atoms with Crippen LogP contribution in [0.4, 0.5) is 0 Å². The van der Waals surface area contributed by atoms with Gasteiger partial charge in [0.1, 0.15) is 5.75 Å². The van der Waals surface area contributed by atoms with Crippen molar-refractivity contribution in [2.45, 2.75) is 13.3 Å². The Morgan fingerprint density at radius 2 is 2.16 bits per heavy atom. The number of benzene rings is 1. The Hall–Kier alpha value is -2.01. The number of aromatic amines is 1. The lowest BCUT2D eigenvalue weighted by Crippen LogP contribution is -2.17. The monoisotopic (exact) mass is 261 g/mol. The van der Waals surface area contributed by atoms with Crippen molar-refractivity contribution in [1.29, 1.82) is 0 Å². The lowest BCUT2D eigenvalue weighted by Gasteiger charge is -2.09. The molecule has 5 heteroatoms. The van der Waals surface area contributed by atoms with E-state index in [1.165, 1.54) is 4.68 Å². The number of nitrogens with two attached hydrogens (primary N) is 1. The lowest BCUT2D eigenvalue weighted by atomic mass is 10.0. The van der Waals surface area contributed by atoms with Crippen molar-refractivity contribution in [3.63, 3.8) is 0 Å². The number of ether oxygens (including phenoxy) is 1. The molecule has 19 heavy (non-hydrogen) atoms. The second-order valence-corrected chi connectivity index (χ2v) is 4.57. The molecular formula is C14H19N3O2. The van der Waals surface area contributed by atoms with E-state index in [-0.39, 0.29) is 5.56 Å². The maximum atomic E-state index is 12.1. The molecule has 2 rings (SSSR count). The van der Waals surface area contributed by atoms with Gasteiger partial charge in [-0.25, -0.2) is 0 Å². The minimum Gasteiger partial charge on any atom is -0.496 e. The molecule has 5 nitrogen and oxygen atoms in total. The van der Waals surface area contributed by atoms with Crippen LogP contribution in [0, 0.1) is 6.92 Å². The van der Waals surface area contributed by atoms with E-state index in [2.05, 4.69) is 5.10 Å². The summed E-state index contributed by atoms with van der Waals surface area (Å²) in [7, 11) is 3.33. The Bertz CT molecular complexity index is 641. The normalized spacial score (nSPS) is 10.7. The van der Waals surface area contributed by atoms with E-state index in [0.29, 0.717) is 18.5 Å². The van der Waals surface area contributed by atoms with Gasteiger partial charge >= 0.3 is 0 Å². The molecule has 2 aromatic rings. The predicted octanol–water partition coefficient (Wildman–Crippen LogP) is 1.20. The van der Waals surface area contributed by atoms with Crippen molar-refractivity contribution < 1.29 is 4.74 Å². The predicted molar refractivity (Wildman–Crippen MR) is 75.5 cm³/mol. The Labute approximate surface area is 112 Å². The molecule has 0 fully saturated rings. The first-order chi connectivity index (χ1) is 9.08. The molecule has 0 unspecified atom stereocenters. The zero-order valence-electron chi connectivity index (χ0n) is 11.5. The number of hydrogen-bond acceptors (Lipinski definition) is 3. The molecule has 0 saturated heterocycles. The summed E-state index contributed by atoms with van der Waals surface area (Å²) in [6.07, 6.45) is 0.544. The van der Waals surface area contributed by atoms with Crippen molar-refractivity contribution >= 4 is 0 Å². The van der Waals surface area contributed by atoms with Gasteiger partial charge < -0.3 is 10.5 Å². The molecule has 1 heterocycles. The molecule has 0 aliphatic heterocycles. The minimum absolute atomic E-state index is 0.0380. The number of methoxy groups -OCH3 is 1. The van der Waals surface area contributed by atoms with Crippen LogP contribution in [0.15, 0.2) is 23.0 Å². The number of aromatic nitrogens is 2. The fourth-order valence-corrected chi connectivity index (χ4v) is 2.21. The molecule has 1 aromatic carbocycles. The number of nitrogens with one attached hydrogen (secondary N) is 1. The fraction of sp³-hybridized carbons (Fsp3) is 0.357. The third kappa shape index (κ3) is 2.42. The molecule has 0 aliphatic carbocycles. The Morgan fingerprint density at radius 1 is 1.42 bits per heavy atom. The van der Waals surface area contributed by atoms with Gasteiger partial charge in [-0.2, -0.15) is 0 Å². The molecule has 3 N–H and O–H groups in total. The molecular weight excluding hydrogens is 242 g/mol. The zero-order chi connectivity index (χ0) is 14.0. The van der Waals surface area contributed by atoms with Gasteiger partial charge in [-0.05, 0) is 32.0 Å². The van der Waals surface area contributed by atoms with Crippen LogP contribution in [0.3, 0.4) is 0 Å². The Morgan fingerprint density at radius 3 is 2.79 bits per heavy atom. The lowest BCUT2D eigenvalue weighted by molar-refractivity contribution is 0.416. The van der Waals surface area contributed by atoms with E-state index < -0.39 is 0 Å². The summed E-state index contributed by atoms with van der Waals surface area (Å²) >= 11 is 0. The second-order valence-electron chi connectivity index (χ2n) is 4.57. The highest BCUT2D eigenvalue weighted by molar-refractivity contribution is 5.70. The highest BCUT2D eigenvalue weighted by atomic mass is 16.5. The summed E-state index contributed by atoms with van der Waals surface area (Å²) in [4.78, 5) is 12.1. The highest BCUT2D eigenvalue weighted by Crippen LogP contribution is 2.30. The van der Waals surface area contributed by atoms with E-state index in [9.17, 15) is 4.79 Å². The summed E-state index contributed by atoms with van der Waals surface area (Å²) in [5.41, 5.74) is 9.05. The van der Waals surface area contributed by atoms with Gasteiger partial charge in [0.05, 0.1) is 12.8 Å². The molecule has 0 saturated carbocycles. The SMILES string of the molecule is COc1ccc(C)cc1-c1[nH]n(C)c(=O)c1CCN. The van der Waals surface area contributed by atoms with Crippen LogP contribution < -0.4 is 16.0 Å². The largest absolute Gasteiger partial charge is 0.496 e.